The van der Waals surface area contributed by atoms with Crippen LogP contribution in [0.3, 0.4) is 0 Å². The molecule has 0 aliphatic carbocycles. The molecule has 5 nitrogen and oxygen atoms in total. The van der Waals surface area contributed by atoms with Gasteiger partial charge < -0.3 is 4.74 Å². The number of rotatable bonds is 6. The quantitative estimate of drug-likeness (QED) is 0.314. The van der Waals surface area contributed by atoms with E-state index in [1.807, 2.05) is 84.9 Å². The number of ether oxygens (including phenoxy) is 1. The van der Waals surface area contributed by atoms with Gasteiger partial charge in [0, 0.05) is 21.7 Å². The number of anilines is 1. The number of aromatic nitrogens is 2. The van der Waals surface area contributed by atoms with Crippen LogP contribution < -0.4 is 10.2 Å². The molecule has 30 heavy (non-hydrogen) atoms. The van der Waals surface area contributed by atoms with Gasteiger partial charge in [0.05, 0.1) is 24.7 Å². The molecule has 0 atom stereocenters. The zero-order valence-corrected chi connectivity index (χ0v) is 17.0. The highest BCUT2D eigenvalue weighted by Gasteiger charge is 2.09. The molecule has 1 N–H and O–H groups in total. The van der Waals surface area contributed by atoms with Gasteiger partial charge in [-0.2, -0.15) is 5.10 Å². The predicted octanol–water partition coefficient (Wildman–Crippen LogP) is 5.92. The Balaban J connectivity index is 1.69. The van der Waals surface area contributed by atoms with Crippen LogP contribution in [-0.2, 0) is 0 Å². The molecule has 0 bridgehead atoms. The van der Waals surface area contributed by atoms with Crippen molar-refractivity contribution in [3.8, 4) is 28.3 Å². The summed E-state index contributed by atoms with van der Waals surface area (Å²) in [6, 6.07) is 27.1. The van der Waals surface area contributed by atoms with Crippen LogP contribution in [0, 0.1) is 0 Å². The molecule has 0 aliphatic rings. The Morgan fingerprint density at radius 3 is 2.13 bits per heavy atom. The molecule has 0 amide bonds. The third-order valence-corrected chi connectivity index (χ3v) is 4.80. The minimum atomic E-state index is 0.394. The maximum Gasteiger partial charge on any atom is 0.244 e. The van der Waals surface area contributed by atoms with Gasteiger partial charge in [0.25, 0.3) is 0 Å². The zero-order chi connectivity index (χ0) is 20.8. The zero-order valence-electron chi connectivity index (χ0n) is 16.3. The molecular weight excluding hydrogens is 396 g/mol. The van der Waals surface area contributed by atoms with Crippen molar-refractivity contribution in [2.75, 3.05) is 12.5 Å². The Bertz CT molecular complexity index is 1160. The topological polar surface area (TPSA) is 59.4 Å². The average molecular weight is 415 g/mol. The van der Waals surface area contributed by atoms with Crippen molar-refractivity contribution in [2.24, 2.45) is 5.10 Å². The largest absolute Gasteiger partial charge is 0.497 e. The molecule has 0 fully saturated rings. The van der Waals surface area contributed by atoms with Crippen molar-refractivity contribution in [3.63, 3.8) is 0 Å². The van der Waals surface area contributed by atoms with Crippen LogP contribution in [0.4, 0.5) is 5.95 Å². The van der Waals surface area contributed by atoms with E-state index >= 15 is 0 Å². The number of halogens is 1. The highest BCUT2D eigenvalue weighted by atomic mass is 35.5. The van der Waals surface area contributed by atoms with Crippen molar-refractivity contribution >= 4 is 23.8 Å². The highest BCUT2D eigenvalue weighted by molar-refractivity contribution is 6.33. The first-order chi connectivity index (χ1) is 14.7. The second kappa shape index (κ2) is 9.20. The minimum absolute atomic E-state index is 0.394. The van der Waals surface area contributed by atoms with Crippen LogP contribution in [0.1, 0.15) is 5.56 Å². The molecule has 1 heterocycles. The third kappa shape index (κ3) is 4.64. The Labute approximate surface area is 180 Å². The number of methoxy groups -OCH3 is 1. The Kier molecular flexibility index (Phi) is 6.01. The van der Waals surface area contributed by atoms with Crippen LogP contribution >= 0.6 is 11.6 Å². The molecule has 148 valence electrons. The van der Waals surface area contributed by atoms with Gasteiger partial charge >= 0.3 is 0 Å². The fourth-order valence-electron chi connectivity index (χ4n) is 2.90. The summed E-state index contributed by atoms with van der Waals surface area (Å²) < 4.78 is 5.25. The SMILES string of the molecule is COc1ccc(-c2cc(-c3ccccc3)nc(N/N=C/c3ccccc3Cl)n2)cc1. The fraction of sp³-hybridized carbons (Fsp3) is 0.0417. The molecule has 0 unspecified atom stereocenters. The second-order valence-corrected chi connectivity index (χ2v) is 6.86. The molecular formula is C24H19ClN4O. The lowest BCUT2D eigenvalue weighted by Crippen LogP contribution is -2.00. The lowest BCUT2D eigenvalue weighted by atomic mass is 10.1. The second-order valence-electron chi connectivity index (χ2n) is 6.45. The molecule has 3 aromatic carbocycles. The number of benzene rings is 3. The third-order valence-electron chi connectivity index (χ3n) is 4.45. The van der Waals surface area contributed by atoms with E-state index in [1.54, 1.807) is 13.3 Å². The van der Waals surface area contributed by atoms with Crippen LogP contribution in [0.2, 0.25) is 5.02 Å². The van der Waals surface area contributed by atoms with Crippen molar-refractivity contribution in [2.45, 2.75) is 0 Å². The monoisotopic (exact) mass is 414 g/mol. The van der Waals surface area contributed by atoms with Crippen molar-refractivity contribution in [1.29, 1.82) is 0 Å². The van der Waals surface area contributed by atoms with Crippen LogP contribution in [-0.4, -0.2) is 23.3 Å². The first kappa shape index (κ1) is 19.6. The molecule has 6 heteroatoms. The lowest BCUT2D eigenvalue weighted by Gasteiger charge is -2.09. The molecule has 4 aromatic rings. The van der Waals surface area contributed by atoms with E-state index in [1.165, 1.54) is 0 Å². The lowest BCUT2D eigenvalue weighted by molar-refractivity contribution is 0.415. The summed E-state index contributed by atoms with van der Waals surface area (Å²) in [7, 11) is 1.65. The maximum atomic E-state index is 6.18. The van der Waals surface area contributed by atoms with Gasteiger partial charge in [-0.25, -0.2) is 15.4 Å². The van der Waals surface area contributed by atoms with Gasteiger partial charge in [-0.1, -0.05) is 60.1 Å². The molecule has 0 spiro atoms. The number of hydrogen-bond donors (Lipinski definition) is 1. The van der Waals surface area contributed by atoms with Gasteiger partial charge in [-0.3, -0.25) is 0 Å². The highest BCUT2D eigenvalue weighted by Crippen LogP contribution is 2.26. The van der Waals surface area contributed by atoms with Crippen molar-refractivity contribution in [3.05, 3.63) is 95.5 Å². The van der Waals surface area contributed by atoms with Gasteiger partial charge in [0.15, 0.2) is 0 Å². The van der Waals surface area contributed by atoms with E-state index in [2.05, 4.69) is 20.5 Å². The van der Waals surface area contributed by atoms with Crippen LogP contribution in [0.15, 0.2) is 90.0 Å². The molecule has 1 aromatic heterocycles. The fourth-order valence-corrected chi connectivity index (χ4v) is 3.09. The minimum Gasteiger partial charge on any atom is -0.497 e. The van der Waals surface area contributed by atoms with E-state index in [-0.39, 0.29) is 0 Å². The summed E-state index contributed by atoms with van der Waals surface area (Å²) in [6.45, 7) is 0. The van der Waals surface area contributed by atoms with E-state index in [0.29, 0.717) is 11.0 Å². The number of nitrogens with one attached hydrogen (secondary N) is 1. The van der Waals surface area contributed by atoms with E-state index < -0.39 is 0 Å². The molecule has 0 saturated heterocycles. The summed E-state index contributed by atoms with van der Waals surface area (Å²) >= 11 is 6.18. The van der Waals surface area contributed by atoms with Gasteiger partial charge in [-0.05, 0) is 36.4 Å². The van der Waals surface area contributed by atoms with Gasteiger partial charge in [0.1, 0.15) is 5.75 Å². The number of hydrogen-bond acceptors (Lipinski definition) is 5. The summed E-state index contributed by atoms with van der Waals surface area (Å²) in [6.07, 6.45) is 1.65. The predicted molar refractivity (Wildman–Crippen MR) is 122 cm³/mol. The molecule has 4 rings (SSSR count). The Morgan fingerprint density at radius 1 is 0.833 bits per heavy atom. The van der Waals surface area contributed by atoms with Crippen LogP contribution in [0.5, 0.6) is 5.75 Å². The van der Waals surface area contributed by atoms with E-state index in [9.17, 15) is 0 Å². The Morgan fingerprint density at radius 2 is 1.47 bits per heavy atom. The smallest absolute Gasteiger partial charge is 0.244 e. The summed E-state index contributed by atoms with van der Waals surface area (Å²) in [5.41, 5.74) is 7.26. The van der Waals surface area contributed by atoms with Crippen LogP contribution in [0.25, 0.3) is 22.5 Å². The number of nitrogens with zero attached hydrogens (tertiary/aromatic N) is 3. The number of hydrazone groups is 1. The standard InChI is InChI=1S/C24H19ClN4O/c1-30-20-13-11-18(12-14-20)23-15-22(17-7-3-2-4-8-17)27-24(28-23)29-26-16-19-9-5-6-10-21(19)25/h2-16H,1H3,(H,27,28,29)/b26-16+. The summed E-state index contributed by atoms with van der Waals surface area (Å²) in [5, 5.41) is 4.89. The normalized spacial score (nSPS) is 10.9. The first-order valence-corrected chi connectivity index (χ1v) is 9.73. The molecule has 0 aliphatic heterocycles. The van der Waals surface area contributed by atoms with Crippen molar-refractivity contribution < 1.29 is 4.74 Å². The van der Waals surface area contributed by atoms with E-state index in [4.69, 9.17) is 16.3 Å². The summed E-state index contributed by atoms with van der Waals surface area (Å²) in [4.78, 5) is 9.25. The van der Waals surface area contributed by atoms with Gasteiger partial charge in [-0.15, -0.1) is 0 Å². The van der Waals surface area contributed by atoms with Gasteiger partial charge in [0.2, 0.25) is 5.95 Å². The summed E-state index contributed by atoms with van der Waals surface area (Å²) in [5.74, 6) is 1.18. The Hall–Kier alpha value is -3.70. The van der Waals surface area contributed by atoms with Crippen molar-refractivity contribution in [1.82, 2.24) is 9.97 Å². The average Bonchev–Trinajstić information content (AvgIpc) is 2.81. The molecule has 0 radical (unpaired) electrons. The maximum absolute atomic E-state index is 6.18. The van der Waals surface area contributed by atoms with E-state index in [0.717, 1.165) is 33.8 Å². The first-order valence-electron chi connectivity index (χ1n) is 9.35. The molecule has 0 saturated carbocycles.